The van der Waals surface area contributed by atoms with Crippen LogP contribution in [0.15, 0.2) is 53.7 Å². The number of halogens is 1. The highest BCUT2D eigenvalue weighted by Gasteiger charge is 2.30. The number of fused-ring (bicyclic) bond motifs is 1. The molecule has 0 amide bonds. The summed E-state index contributed by atoms with van der Waals surface area (Å²) in [6.07, 6.45) is 4.56. The molecule has 0 saturated carbocycles. The Kier molecular flexibility index (Phi) is 6.40. The van der Waals surface area contributed by atoms with E-state index in [1.807, 2.05) is 12.1 Å². The van der Waals surface area contributed by atoms with Crippen molar-refractivity contribution in [1.82, 2.24) is 9.80 Å². The lowest BCUT2D eigenvalue weighted by Crippen LogP contribution is -2.44. The largest absolute Gasteiger partial charge is 0.496 e. The number of methoxy groups -OCH3 is 1. The average molecular weight is 425 g/mol. The minimum atomic E-state index is 0.265. The molecule has 0 radical (unpaired) electrons. The topological polar surface area (TPSA) is 15.7 Å². The molecule has 4 rings (SSSR count). The second-order valence-corrected chi connectivity index (χ2v) is 9.16. The van der Waals surface area contributed by atoms with Crippen LogP contribution in [-0.2, 0) is 12.8 Å². The summed E-state index contributed by atoms with van der Waals surface area (Å²) in [5.74, 6) is 1.05. The molecular formula is C26H33ClN2O. The number of rotatable bonds is 5. The predicted octanol–water partition coefficient (Wildman–Crippen LogP) is 5.88. The van der Waals surface area contributed by atoms with Gasteiger partial charge in [-0.2, -0.15) is 0 Å². The van der Waals surface area contributed by atoms with Gasteiger partial charge in [0, 0.05) is 43.3 Å². The molecule has 1 aliphatic carbocycles. The Morgan fingerprint density at radius 1 is 1.13 bits per heavy atom. The van der Waals surface area contributed by atoms with Gasteiger partial charge in [0.05, 0.1) is 13.2 Å². The first kappa shape index (κ1) is 21.3. The molecule has 0 fully saturated rings. The summed E-state index contributed by atoms with van der Waals surface area (Å²) in [5.41, 5.74) is 7.01. The van der Waals surface area contributed by atoms with Gasteiger partial charge in [-0.1, -0.05) is 41.9 Å². The highest BCUT2D eigenvalue weighted by molar-refractivity contribution is 6.31. The molecule has 160 valence electrons. The van der Waals surface area contributed by atoms with Crippen molar-refractivity contribution in [3.63, 3.8) is 0 Å². The maximum absolute atomic E-state index is 6.47. The van der Waals surface area contributed by atoms with E-state index in [4.69, 9.17) is 16.3 Å². The molecule has 0 bridgehead atoms. The van der Waals surface area contributed by atoms with Gasteiger partial charge in [-0.15, -0.1) is 0 Å². The maximum atomic E-state index is 6.47. The Morgan fingerprint density at radius 3 is 2.67 bits per heavy atom. The van der Waals surface area contributed by atoms with Crippen molar-refractivity contribution in [1.29, 1.82) is 0 Å². The standard InChI is InChI=1S/C26H33ClN2O/c1-18-17-29(21-13-12-20-8-7-11-26(30-4)23(20)16-21)15-14-25(18)28(3)19(2)22-9-5-6-10-24(22)27/h5-11,19,21H,12-17H2,1-4H3. The van der Waals surface area contributed by atoms with Crippen molar-refractivity contribution < 1.29 is 4.74 Å². The minimum absolute atomic E-state index is 0.265. The smallest absolute Gasteiger partial charge is 0.122 e. The highest BCUT2D eigenvalue weighted by Crippen LogP contribution is 2.35. The van der Waals surface area contributed by atoms with E-state index in [1.165, 1.54) is 34.4 Å². The second kappa shape index (κ2) is 9.03. The molecule has 2 unspecified atom stereocenters. The van der Waals surface area contributed by atoms with Gasteiger partial charge < -0.3 is 9.64 Å². The SMILES string of the molecule is COc1cccc2c1CC(N1CCC(N(C)C(C)c3ccccc3Cl)=C(C)C1)CC2. The number of benzene rings is 2. The fourth-order valence-electron chi connectivity index (χ4n) is 5.22. The Labute approximate surface area is 186 Å². The zero-order valence-electron chi connectivity index (χ0n) is 18.6. The molecule has 2 aromatic rings. The van der Waals surface area contributed by atoms with Gasteiger partial charge in [-0.25, -0.2) is 0 Å². The molecule has 2 atom stereocenters. The first-order chi connectivity index (χ1) is 14.5. The Bertz CT molecular complexity index is 924. The van der Waals surface area contributed by atoms with Gasteiger partial charge in [0.1, 0.15) is 5.75 Å². The molecule has 0 N–H and O–H groups in total. The van der Waals surface area contributed by atoms with Crippen molar-refractivity contribution in [2.24, 2.45) is 0 Å². The highest BCUT2D eigenvalue weighted by atomic mass is 35.5. The number of ether oxygens (including phenoxy) is 1. The minimum Gasteiger partial charge on any atom is -0.496 e. The number of hydrogen-bond acceptors (Lipinski definition) is 3. The predicted molar refractivity (Wildman–Crippen MR) is 125 cm³/mol. The zero-order chi connectivity index (χ0) is 21.3. The summed E-state index contributed by atoms with van der Waals surface area (Å²) in [6, 6.07) is 15.5. The van der Waals surface area contributed by atoms with Gasteiger partial charge in [0.2, 0.25) is 0 Å². The van der Waals surface area contributed by atoms with Crippen LogP contribution >= 0.6 is 11.6 Å². The number of aryl methyl sites for hydroxylation is 1. The van der Waals surface area contributed by atoms with Crippen LogP contribution < -0.4 is 4.74 Å². The molecule has 2 aliphatic rings. The zero-order valence-corrected chi connectivity index (χ0v) is 19.4. The van der Waals surface area contributed by atoms with Crippen molar-refractivity contribution in [3.05, 3.63) is 75.4 Å². The van der Waals surface area contributed by atoms with Gasteiger partial charge in [0.15, 0.2) is 0 Å². The van der Waals surface area contributed by atoms with Crippen LogP contribution in [0.5, 0.6) is 5.75 Å². The van der Waals surface area contributed by atoms with E-state index in [2.05, 4.69) is 61.0 Å². The molecule has 2 aromatic carbocycles. The van der Waals surface area contributed by atoms with E-state index in [9.17, 15) is 0 Å². The lowest BCUT2D eigenvalue weighted by Gasteiger charge is -2.41. The average Bonchev–Trinajstić information content (AvgIpc) is 2.77. The van der Waals surface area contributed by atoms with E-state index in [0.29, 0.717) is 6.04 Å². The first-order valence-electron chi connectivity index (χ1n) is 11.0. The molecule has 3 nitrogen and oxygen atoms in total. The third-order valence-electron chi connectivity index (χ3n) is 7.08. The Balaban J connectivity index is 1.48. The monoisotopic (exact) mass is 424 g/mol. The van der Waals surface area contributed by atoms with Crippen molar-refractivity contribution in [3.8, 4) is 5.75 Å². The second-order valence-electron chi connectivity index (χ2n) is 8.75. The van der Waals surface area contributed by atoms with Crippen LogP contribution in [0.4, 0.5) is 0 Å². The summed E-state index contributed by atoms with van der Waals surface area (Å²) in [6.45, 7) is 6.71. The van der Waals surface area contributed by atoms with Crippen molar-refractivity contribution in [2.45, 2.75) is 51.6 Å². The first-order valence-corrected chi connectivity index (χ1v) is 11.4. The van der Waals surface area contributed by atoms with E-state index >= 15 is 0 Å². The van der Waals surface area contributed by atoms with Crippen molar-refractivity contribution >= 4 is 11.6 Å². The molecule has 30 heavy (non-hydrogen) atoms. The fourth-order valence-corrected chi connectivity index (χ4v) is 5.52. The van der Waals surface area contributed by atoms with Crippen LogP contribution in [0.25, 0.3) is 0 Å². The normalized spacial score (nSPS) is 20.6. The summed E-state index contributed by atoms with van der Waals surface area (Å²) in [4.78, 5) is 5.11. The van der Waals surface area contributed by atoms with Crippen molar-refractivity contribution in [2.75, 3.05) is 27.2 Å². The number of hydrogen-bond donors (Lipinski definition) is 0. The molecule has 4 heteroatoms. The molecular weight excluding hydrogens is 392 g/mol. The summed E-state index contributed by atoms with van der Waals surface area (Å²) < 4.78 is 5.65. The third kappa shape index (κ3) is 4.10. The summed E-state index contributed by atoms with van der Waals surface area (Å²) >= 11 is 6.47. The van der Waals surface area contributed by atoms with Gasteiger partial charge >= 0.3 is 0 Å². The van der Waals surface area contributed by atoms with Crippen LogP contribution in [0.2, 0.25) is 5.02 Å². The molecule has 0 spiro atoms. The molecule has 1 aliphatic heterocycles. The molecule has 0 saturated heterocycles. The van der Waals surface area contributed by atoms with Gasteiger partial charge in [0.25, 0.3) is 0 Å². The molecule has 1 heterocycles. The van der Waals surface area contributed by atoms with Crippen LogP contribution in [-0.4, -0.2) is 43.1 Å². The Morgan fingerprint density at radius 2 is 1.93 bits per heavy atom. The Hall–Kier alpha value is -1.97. The van der Waals surface area contributed by atoms with E-state index in [0.717, 1.165) is 43.1 Å². The maximum Gasteiger partial charge on any atom is 0.122 e. The fraction of sp³-hybridized carbons (Fsp3) is 0.462. The van der Waals surface area contributed by atoms with E-state index in [1.54, 1.807) is 7.11 Å². The van der Waals surface area contributed by atoms with Crippen LogP contribution in [0.1, 0.15) is 49.4 Å². The lowest BCUT2D eigenvalue weighted by atomic mass is 9.86. The van der Waals surface area contributed by atoms with E-state index in [-0.39, 0.29) is 6.04 Å². The lowest BCUT2D eigenvalue weighted by molar-refractivity contribution is 0.170. The number of nitrogens with zero attached hydrogens (tertiary/aromatic N) is 2. The van der Waals surface area contributed by atoms with Crippen LogP contribution in [0, 0.1) is 0 Å². The quantitative estimate of drug-likeness (QED) is 0.596. The van der Waals surface area contributed by atoms with Gasteiger partial charge in [-0.3, -0.25) is 4.90 Å². The van der Waals surface area contributed by atoms with Crippen LogP contribution in [0.3, 0.4) is 0 Å². The third-order valence-corrected chi connectivity index (χ3v) is 7.43. The van der Waals surface area contributed by atoms with E-state index < -0.39 is 0 Å². The summed E-state index contributed by atoms with van der Waals surface area (Å²) in [7, 11) is 4.00. The molecule has 0 aromatic heterocycles. The van der Waals surface area contributed by atoms with Gasteiger partial charge in [-0.05, 0) is 67.5 Å². The summed E-state index contributed by atoms with van der Waals surface area (Å²) in [5, 5.41) is 0.849.